The van der Waals surface area contributed by atoms with Crippen LogP contribution in [-0.2, 0) is 9.53 Å². The molecular weight excluding hydrogens is 319 g/mol. The highest BCUT2D eigenvalue weighted by atomic mass is 35.5. The lowest BCUT2D eigenvalue weighted by Crippen LogP contribution is -2.45. The number of benzene rings is 1. The van der Waals surface area contributed by atoms with Crippen molar-refractivity contribution in [3.05, 3.63) is 32.3 Å². The number of carbonyl (C=O) groups excluding carboxylic acids is 1. The van der Waals surface area contributed by atoms with Crippen LogP contribution in [0.3, 0.4) is 0 Å². The van der Waals surface area contributed by atoms with E-state index < -0.39 is 16.9 Å². The van der Waals surface area contributed by atoms with Gasteiger partial charge in [0.15, 0.2) is 0 Å². The van der Waals surface area contributed by atoms with Crippen LogP contribution >= 0.6 is 23.2 Å². The van der Waals surface area contributed by atoms with Crippen molar-refractivity contribution >= 4 is 40.5 Å². The van der Waals surface area contributed by atoms with Gasteiger partial charge in [0.05, 0.1) is 22.1 Å². The molecule has 8 heteroatoms. The Morgan fingerprint density at radius 3 is 2.67 bits per heavy atom. The van der Waals surface area contributed by atoms with Crippen molar-refractivity contribution in [3.63, 3.8) is 0 Å². The third-order valence-corrected chi connectivity index (χ3v) is 4.22. The molecular formula is C13H14Cl2N2O4. The maximum absolute atomic E-state index is 11.9. The molecule has 0 aromatic heterocycles. The number of hydrogen-bond donors (Lipinski definition) is 0. The van der Waals surface area contributed by atoms with E-state index in [1.54, 1.807) is 4.90 Å². The lowest BCUT2D eigenvalue weighted by Gasteiger charge is -2.35. The molecule has 1 heterocycles. The first-order valence-corrected chi connectivity index (χ1v) is 7.19. The number of rotatable bonds is 3. The number of hydrogen-bond acceptors (Lipinski definition) is 5. The first-order valence-electron chi connectivity index (χ1n) is 6.43. The molecule has 1 fully saturated rings. The first-order chi connectivity index (χ1) is 9.95. The van der Waals surface area contributed by atoms with Gasteiger partial charge in [-0.15, -0.1) is 0 Å². The highest BCUT2D eigenvalue weighted by Crippen LogP contribution is 2.38. The van der Waals surface area contributed by atoms with Crippen molar-refractivity contribution in [2.75, 3.05) is 18.6 Å². The van der Waals surface area contributed by atoms with Gasteiger partial charge in [0.25, 0.3) is 5.69 Å². The van der Waals surface area contributed by atoms with Crippen molar-refractivity contribution in [3.8, 4) is 0 Å². The van der Waals surface area contributed by atoms with Gasteiger partial charge < -0.3 is 9.64 Å². The molecule has 0 radical (unpaired) electrons. The Bertz CT molecular complexity index is 580. The second kappa shape index (κ2) is 6.49. The fourth-order valence-corrected chi connectivity index (χ4v) is 2.82. The van der Waals surface area contributed by atoms with Crippen LogP contribution in [0, 0.1) is 10.1 Å². The molecule has 114 valence electrons. The average molecular weight is 333 g/mol. The zero-order valence-corrected chi connectivity index (χ0v) is 12.9. The standard InChI is InChI=1S/C13H14Cl2N2O4/c1-21-13(18)10-4-2-3-5-16(10)11-6-8(14)9(15)7-12(11)17(19)20/h6-7,10H,2-5H2,1H3. The molecule has 21 heavy (non-hydrogen) atoms. The van der Waals surface area contributed by atoms with E-state index in [2.05, 4.69) is 0 Å². The van der Waals surface area contributed by atoms with Gasteiger partial charge in [-0.25, -0.2) is 4.79 Å². The highest BCUT2D eigenvalue weighted by Gasteiger charge is 2.33. The summed E-state index contributed by atoms with van der Waals surface area (Å²) in [7, 11) is 1.30. The summed E-state index contributed by atoms with van der Waals surface area (Å²) < 4.78 is 4.79. The summed E-state index contributed by atoms with van der Waals surface area (Å²) in [5.74, 6) is -0.407. The minimum Gasteiger partial charge on any atom is -0.467 e. The highest BCUT2D eigenvalue weighted by molar-refractivity contribution is 6.42. The smallest absolute Gasteiger partial charge is 0.328 e. The van der Waals surface area contributed by atoms with E-state index in [4.69, 9.17) is 27.9 Å². The monoisotopic (exact) mass is 332 g/mol. The maximum Gasteiger partial charge on any atom is 0.328 e. The van der Waals surface area contributed by atoms with Crippen LogP contribution in [0.25, 0.3) is 0 Å². The molecule has 1 aromatic carbocycles. The Kier molecular flexibility index (Phi) is 4.90. The number of piperidine rings is 1. The molecule has 6 nitrogen and oxygen atoms in total. The van der Waals surface area contributed by atoms with Crippen LogP contribution in [0.5, 0.6) is 0 Å². The Balaban J connectivity index is 2.49. The molecule has 1 atom stereocenters. The zero-order valence-electron chi connectivity index (χ0n) is 11.3. The molecule has 1 aromatic rings. The van der Waals surface area contributed by atoms with Crippen LogP contribution in [0.1, 0.15) is 19.3 Å². The van der Waals surface area contributed by atoms with Gasteiger partial charge in [0.2, 0.25) is 0 Å². The van der Waals surface area contributed by atoms with E-state index in [1.165, 1.54) is 19.2 Å². The number of anilines is 1. The fourth-order valence-electron chi connectivity index (χ4n) is 2.50. The van der Waals surface area contributed by atoms with Crippen LogP contribution in [0.15, 0.2) is 12.1 Å². The predicted octanol–water partition coefficient (Wildman–Crippen LogP) is 3.43. The average Bonchev–Trinajstić information content (AvgIpc) is 2.48. The zero-order chi connectivity index (χ0) is 15.6. The minimum atomic E-state index is -0.542. The Morgan fingerprint density at radius 2 is 2.05 bits per heavy atom. The number of nitro groups is 1. The van der Waals surface area contributed by atoms with Gasteiger partial charge in [-0.3, -0.25) is 10.1 Å². The van der Waals surface area contributed by atoms with Crippen molar-refractivity contribution in [1.82, 2.24) is 0 Å². The van der Waals surface area contributed by atoms with Gasteiger partial charge in [-0.05, 0) is 25.3 Å². The van der Waals surface area contributed by atoms with Gasteiger partial charge in [0, 0.05) is 12.6 Å². The molecule has 1 aliphatic heterocycles. The Hall–Kier alpha value is -1.53. The molecule has 0 spiro atoms. The Morgan fingerprint density at radius 1 is 1.38 bits per heavy atom. The maximum atomic E-state index is 11.9. The van der Waals surface area contributed by atoms with Crippen molar-refractivity contribution < 1.29 is 14.5 Å². The summed E-state index contributed by atoms with van der Waals surface area (Å²) in [6.45, 7) is 0.526. The number of ether oxygens (including phenoxy) is 1. The molecule has 0 bridgehead atoms. The topological polar surface area (TPSA) is 72.7 Å². The third kappa shape index (κ3) is 3.22. The molecule has 1 unspecified atom stereocenters. The van der Waals surface area contributed by atoms with E-state index in [-0.39, 0.29) is 15.7 Å². The quantitative estimate of drug-likeness (QED) is 0.481. The van der Waals surface area contributed by atoms with Gasteiger partial charge in [0.1, 0.15) is 11.7 Å². The molecule has 0 N–H and O–H groups in total. The largest absolute Gasteiger partial charge is 0.467 e. The van der Waals surface area contributed by atoms with Crippen molar-refractivity contribution in [1.29, 1.82) is 0 Å². The predicted molar refractivity (Wildman–Crippen MR) is 80.1 cm³/mol. The van der Waals surface area contributed by atoms with Crippen molar-refractivity contribution in [2.24, 2.45) is 0 Å². The van der Waals surface area contributed by atoms with Gasteiger partial charge in [-0.2, -0.15) is 0 Å². The lowest BCUT2D eigenvalue weighted by molar-refractivity contribution is -0.384. The summed E-state index contributed by atoms with van der Waals surface area (Å²) in [6.07, 6.45) is 2.29. The number of carbonyl (C=O) groups is 1. The second-order valence-electron chi connectivity index (χ2n) is 4.74. The summed E-state index contributed by atoms with van der Waals surface area (Å²) in [5.41, 5.74) is 0.129. The number of nitro benzene ring substituents is 1. The van der Waals surface area contributed by atoms with Crippen LogP contribution < -0.4 is 4.90 Å². The number of methoxy groups -OCH3 is 1. The van der Waals surface area contributed by atoms with E-state index in [0.29, 0.717) is 18.7 Å². The summed E-state index contributed by atoms with van der Waals surface area (Å²) in [6, 6.07) is 2.10. The van der Waals surface area contributed by atoms with E-state index in [9.17, 15) is 14.9 Å². The van der Waals surface area contributed by atoms with E-state index in [0.717, 1.165) is 12.8 Å². The molecule has 2 rings (SSSR count). The van der Waals surface area contributed by atoms with E-state index >= 15 is 0 Å². The fraction of sp³-hybridized carbons (Fsp3) is 0.462. The molecule has 0 aliphatic carbocycles. The van der Waals surface area contributed by atoms with Crippen LogP contribution in [0.2, 0.25) is 10.0 Å². The Labute approximate surface area is 131 Å². The summed E-state index contributed by atoms with van der Waals surface area (Å²) in [4.78, 5) is 24.3. The first kappa shape index (κ1) is 15.9. The number of halogens is 2. The summed E-state index contributed by atoms with van der Waals surface area (Å²) >= 11 is 11.8. The van der Waals surface area contributed by atoms with Crippen molar-refractivity contribution in [2.45, 2.75) is 25.3 Å². The lowest BCUT2D eigenvalue weighted by atomic mass is 10.0. The van der Waals surface area contributed by atoms with Gasteiger partial charge in [-0.1, -0.05) is 23.2 Å². The second-order valence-corrected chi connectivity index (χ2v) is 5.55. The molecule has 1 aliphatic rings. The molecule has 0 amide bonds. The normalized spacial score (nSPS) is 18.4. The van der Waals surface area contributed by atoms with Crippen LogP contribution in [0.4, 0.5) is 11.4 Å². The SMILES string of the molecule is COC(=O)C1CCCCN1c1cc(Cl)c(Cl)cc1[N+](=O)[O-]. The van der Waals surface area contributed by atoms with Crippen LogP contribution in [-0.4, -0.2) is 30.6 Å². The van der Waals surface area contributed by atoms with Gasteiger partial charge >= 0.3 is 5.97 Å². The molecule has 1 saturated heterocycles. The molecule has 0 saturated carbocycles. The third-order valence-electron chi connectivity index (χ3n) is 3.50. The number of nitrogens with zero attached hydrogens (tertiary/aromatic N) is 2. The number of esters is 1. The van der Waals surface area contributed by atoms with E-state index in [1.807, 2.05) is 0 Å². The summed E-state index contributed by atoms with van der Waals surface area (Å²) in [5, 5.41) is 11.6. The minimum absolute atomic E-state index is 0.110.